The van der Waals surface area contributed by atoms with Crippen LogP contribution < -0.4 is 0 Å². The lowest BCUT2D eigenvalue weighted by molar-refractivity contribution is 0.259. The largest absolute Gasteiger partial charge is 0.487 e. The van der Waals surface area contributed by atoms with Gasteiger partial charge < -0.3 is 4.74 Å². The van der Waals surface area contributed by atoms with Gasteiger partial charge in [0.2, 0.25) is 0 Å². The van der Waals surface area contributed by atoms with Gasteiger partial charge in [-0.2, -0.15) is 0 Å². The summed E-state index contributed by atoms with van der Waals surface area (Å²) in [5.41, 5.74) is 0.638. The molecule has 2 heteroatoms. The van der Waals surface area contributed by atoms with Crippen molar-refractivity contribution in [3.8, 4) is 0 Å². The van der Waals surface area contributed by atoms with Gasteiger partial charge in [-0.25, -0.2) is 0 Å². The van der Waals surface area contributed by atoms with Gasteiger partial charge >= 0.3 is 0 Å². The van der Waals surface area contributed by atoms with Crippen LogP contribution in [0.15, 0.2) is 11.8 Å². The van der Waals surface area contributed by atoms with Crippen molar-refractivity contribution in [3.05, 3.63) is 11.8 Å². The SMILES string of the molecule is BrCO/C1=C/CCCCCCC1. The van der Waals surface area contributed by atoms with Crippen molar-refractivity contribution in [2.45, 2.75) is 44.9 Å². The first-order valence-electron chi connectivity index (χ1n) is 4.81. The molecular weight excluding hydrogens is 216 g/mol. The summed E-state index contributed by atoms with van der Waals surface area (Å²) in [6, 6.07) is 0. The molecular formula is C10H17BrO. The van der Waals surface area contributed by atoms with E-state index in [1.54, 1.807) is 0 Å². The summed E-state index contributed by atoms with van der Waals surface area (Å²) in [6.45, 7) is 0. The number of ether oxygens (including phenoxy) is 1. The van der Waals surface area contributed by atoms with Gasteiger partial charge in [-0.1, -0.05) is 19.3 Å². The Morgan fingerprint density at radius 3 is 2.75 bits per heavy atom. The maximum atomic E-state index is 5.45. The van der Waals surface area contributed by atoms with E-state index in [0.29, 0.717) is 5.52 Å². The van der Waals surface area contributed by atoms with Gasteiger partial charge in [0.1, 0.15) is 5.52 Å². The molecule has 0 radical (unpaired) electrons. The van der Waals surface area contributed by atoms with Gasteiger partial charge in [-0.3, -0.25) is 0 Å². The normalized spacial score (nSPS) is 24.6. The molecule has 0 bridgehead atoms. The van der Waals surface area contributed by atoms with Crippen molar-refractivity contribution in [1.82, 2.24) is 0 Å². The van der Waals surface area contributed by atoms with Crippen LogP contribution in [0.5, 0.6) is 0 Å². The van der Waals surface area contributed by atoms with Crippen molar-refractivity contribution in [3.63, 3.8) is 0 Å². The summed E-state index contributed by atoms with van der Waals surface area (Å²) in [7, 11) is 0. The second kappa shape index (κ2) is 6.53. The Morgan fingerprint density at radius 1 is 1.17 bits per heavy atom. The van der Waals surface area contributed by atoms with Crippen LogP contribution in [0.4, 0.5) is 0 Å². The highest BCUT2D eigenvalue weighted by molar-refractivity contribution is 9.09. The predicted octanol–water partition coefficient (Wildman–Crippen LogP) is 3.98. The molecule has 0 aliphatic heterocycles. The van der Waals surface area contributed by atoms with Crippen molar-refractivity contribution < 1.29 is 4.74 Å². The zero-order valence-corrected chi connectivity index (χ0v) is 9.11. The minimum atomic E-state index is 0.638. The van der Waals surface area contributed by atoms with Crippen LogP contribution in [0.3, 0.4) is 0 Å². The van der Waals surface area contributed by atoms with Gasteiger partial charge in [0.25, 0.3) is 0 Å². The molecule has 0 N–H and O–H groups in total. The zero-order valence-electron chi connectivity index (χ0n) is 7.52. The van der Waals surface area contributed by atoms with Gasteiger partial charge in [0, 0.05) is 6.42 Å². The van der Waals surface area contributed by atoms with Gasteiger partial charge in [-0.05, 0) is 41.3 Å². The average molecular weight is 233 g/mol. The van der Waals surface area contributed by atoms with E-state index in [2.05, 4.69) is 22.0 Å². The van der Waals surface area contributed by atoms with E-state index < -0.39 is 0 Å². The Balaban J connectivity index is 2.33. The summed E-state index contributed by atoms with van der Waals surface area (Å²) < 4.78 is 5.45. The van der Waals surface area contributed by atoms with Gasteiger partial charge in [-0.15, -0.1) is 0 Å². The smallest absolute Gasteiger partial charge is 0.142 e. The molecule has 12 heavy (non-hydrogen) atoms. The second-order valence-corrected chi connectivity index (χ2v) is 3.69. The second-order valence-electron chi connectivity index (χ2n) is 3.23. The molecule has 70 valence electrons. The molecule has 0 aromatic carbocycles. The van der Waals surface area contributed by atoms with Crippen LogP contribution in [0.2, 0.25) is 0 Å². The monoisotopic (exact) mass is 232 g/mol. The summed E-state index contributed by atoms with van der Waals surface area (Å²) in [6.07, 6.45) is 11.4. The summed E-state index contributed by atoms with van der Waals surface area (Å²) in [5.74, 6) is 1.19. The lowest BCUT2D eigenvalue weighted by Crippen LogP contribution is -1.89. The molecule has 0 amide bonds. The van der Waals surface area contributed by atoms with Crippen molar-refractivity contribution >= 4 is 15.9 Å². The first-order chi connectivity index (χ1) is 5.93. The maximum absolute atomic E-state index is 5.45. The molecule has 0 atom stereocenters. The number of hydrogen-bond donors (Lipinski definition) is 0. The molecule has 1 aliphatic carbocycles. The first kappa shape index (κ1) is 10.1. The molecule has 0 unspecified atom stereocenters. The average Bonchev–Trinajstić information content (AvgIpc) is 2.19. The van der Waals surface area contributed by atoms with Crippen LogP contribution >= 0.6 is 15.9 Å². The first-order valence-corrected chi connectivity index (χ1v) is 5.93. The van der Waals surface area contributed by atoms with Crippen LogP contribution in [0, 0.1) is 0 Å². The molecule has 1 nitrogen and oxygen atoms in total. The van der Waals surface area contributed by atoms with E-state index in [1.807, 2.05) is 0 Å². The topological polar surface area (TPSA) is 9.23 Å². The number of hydrogen-bond acceptors (Lipinski definition) is 1. The zero-order chi connectivity index (χ0) is 8.65. The van der Waals surface area contributed by atoms with Crippen molar-refractivity contribution in [1.29, 1.82) is 0 Å². The molecule has 0 saturated heterocycles. The minimum absolute atomic E-state index is 0.638. The summed E-state index contributed by atoms with van der Waals surface area (Å²) >= 11 is 3.29. The third-order valence-electron chi connectivity index (χ3n) is 2.24. The van der Waals surface area contributed by atoms with E-state index in [4.69, 9.17) is 4.74 Å². The Labute approximate surface area is 83.3 Å². The Kier molecular flexibility index (Phi) is 5.50. The van der Waals surface area contributed by atoms with Crippen LogP contribution in [0.25, 0.3) is 0 Å². The number of rotatable bonds is 2. The van der Waals surface area contributed by atoms with E-state index in [1.165, 1.54) is 44.3 Å². The molecule has 0 fully saturated rings. The maximum Gasteiger partial charge on any atom is 0.142 e. The number of alkyl halides is 1. The van der Waals surface area contributed by atoms with Gasteiger partial charge in [0.05, 0.1) is 5.76 Å². The predicted molar refractivity (Wildman–Crippen MR) is 55.3 cm³/mol. The molecule has 1 aliphatic rings. The fourth-order valence-corrected chi connectivity index (χ4v) is 1.83. The minimum Gasteiger partial charge on any atom is -0.487 e. The van der Waals surface area contributed by atoms with Crippen molar-refractivity contribution in [2.24, 2.45) is 0 Å². The Hall–Kier alpha value is 0.0200. The van der Waals surface area contributed by atoms with E-state index in [-0.39, 0.29) is 0 Å². The Morgan fingerprint density at radius 2 is 1.92 bits per heavy atom. The highest BCUT2D eigenvalue weighted by atomic mass is 79.9. The van der Waals surface area contributed by atoms with Crippen molar-refractivity contribution in [2.75, 3.05) is 5.52 Å². The summed E-state index contributed by atoms with van der Waals surface area (Å²) in [5, 5.41) is 0. The lowest BCUT2D eigenvalue weighted by atomic mass is 10.1. The highest BCUT2D eigenvalue weighted by Crippen LogP contribution is 2.17. The van der Waals surface area contributed by atoms with Crippen LogP contribution in [-0.4, -0.2) is 5.52 Å². The lowest BCUT2D eigenvalue weighted by Gasteiger charge is -2.05. The van der Waals surface area contributed by atoms with E-state index in [0.717, 1.165) is 6.42 Å². The molecule has 0 spiro atoms. The molecule has 0 saturated carbocycles. The van der Waals surface area contributed by atoms with E-state index >= 15 is 0 Å². The molecule has 1 rings (SSSR count). The van der Waals surface area contributed by atoms with Gasteiger partial charge in [0.15, 0.2) is 0 Å². The summed E-state index contributed by atoms with van der Waals surface area (Å²) in [4.78, 5) is 0. The third kappa shape index (κ3) is 4.15. The highest BCUT2D eigenvalue weighted by Gasteiger charge is 2.00. The molecule has 0 aromatic heterocycles. The fourth-order valence-electron chi connectivity index (χ4n) is 1.54. The number of halogens is 1. The Bertz CT molecular complexity index is 143. The van der Waals surface area contributed by atoms with Crippen LogP contribution in [0.1, 0.15) is 44.9 Å². The van der Waals surface area contributed by atoms with Crippen LogP contribution in [-0.2, 0) is 4.74 Å². The molecule has 0 heterocycles. The quantitative estimate of drug-likeness (QED) is 0.655. The third-order valence-corrected chi connectivity index (χ3v) is 2.47. The fraction of sp³-hybridized carbons (Fsp3) is 0.800. The number of allylic oxidation sites excluding steroid dienone is 2. The standard InChI is InChI=1S/C10H17BrO/c11-9-12-10-7-5-3-1-2-4-6-8-10/h7H,1-6,8-9H2/b10-7+. The van der Waals surface area contributed by atoms with E-state index in [9.17, 15) is 0 Å². The molecule has 0 aromatic rings.